The van der Waals surface area contributed by atoms with Crippen LogP contribution in [-0.2, 0) is 4.79 Å². The molecule has 3 N–H and O–H groups in total. The van der Waals surface area contributed by atoms with Gasteiger partial charge in [0.15, 0.2) is 0 Å². The summed E-state index contributed by atoms with van der Waals surface area (Å²) in [5, 5.41) is 30.6. The number of hydrogen-bond acceptors (Lipinski definition) is 3. The molecule has 4 saturated carbocycles. The number of aliphatic carboxylic acids is 1. The molecule has 0 aliphatic heterocycles. The van der Waals surface area contributed by atoms with Crippen LogP contribution in [-0.4, -0.2) is 33.5 Å². The molecule has 4 nitrogen and oxygen atoms in total. The Hall–Kier alpha value is -0.610. The van der Waals surface area contributed by atoms with Crippen molar-refractivity contribution in [1.29, 1.82) is 0 Å². The normalized spacial score (nSPS) is 56.4. The minimum absolute atomic E-state index is 0.0648. The molecule has 0 aromatic carbocycles. The molecule has 4 aliphatic carbocycles. The van der Waals surface area contributed by atoms with Crippen molar-refractivity contribution in [2.75, 3.05) is 6.61 Å². The molecule has 4 aliphatic rings. The Bertz CT molecular complexity index is 562. The molecule has 4 rings (SSSR count). The smallest absolute Gasteiger partial charge is 0.309 e. The van der Waals surface area contributed by atoms with Crippen LogP contribution in [0.1, 0.15) is 71.6 Å². The van der Waals surface area contributed by atoms with E-state index < -0.39 is 17.0 Å². The zero-order chi connectivity index (χ0) is 17.4. The van der Waals surface area contributed by atoms with Crippen molar-refractivity contribution in [2.24, 2.45) is 34.0 Å². The molecule has 4 heteroatoms. The van der Waals surface area contributed by atoms with Gasteiger partial charge in [-0.05, 0) is 86.9 Å². The topological polar surface area (TPSA) is 77.8 Å². The van der Waals surface area contributed by atoms with Crippen LogP contribution >= 0.6 is 0 Å². The standard InChI is InChI=1S/C20H32O4/c1-17-7-3-8-18(2,16(22)23)14(17)6-9-19-10-13(4-5-15(17)19)20(24,11-19)12-21/h13-15,21,24H,3-12H2,1-2H3,(H,22,23)/t13?,14?,15?,17-,18-,19+,20+/m1/s1. The summed E-state index contributed by atoms with van der Waals surface area (Å²) in [6.07, 6.45) is 8.73. The van der Waals surface area contributed by atoms with Crippen LogP contribution in [0.5, 0.6) is 0 Å². The average molecular weight is 336 g/mol. The van der Waals surface area contributed by atoms with Crippen LogP contribution in [0.4, 0.5) is 0 Å². The molecule has 7 atom stereocenters. The Balaban J connectivity index is 1.73. The predicted octanol–water partition coefficient (Wildman–Crippen LogP) is 3.21. The predicted molar refractivity (Wildman–Crippen MR) is 90.3 cm³/mol. The maximum absolute atomic E-state index is 12.1. The summed E-state index contributed by atoms with van der Waals surface area (Å²) >= 11 is 0. The van der Waals surface area contributed by atoms with Gasteiger partial charge in [-0.2, -0.15) is 0 Å². The van der Waals surface area contributed by atoms with E-state index >= 15 is 0 Å². The molecule has 1 spiro atoms. The highest BCUT2D eigenvalue weighted by Gasteiger charge is 2.68. The first-order chi connectivity index (χ1) is 11.2. The number of aliphatic hydroxyl groups is 2. The van der Waals surface area contributed by atoms with Crippen molar-refractivity contribution >= 4 is 5.97 Å². The summed E-state index contributed by atoms with van der Waals surface area (Å²) in [5.74, 6) is 0.348. The zero-order valence-electron chi connectivity index (χ0n) is 15.1. The molecule has 0 aromatic heterocycles. The zero-order valence-corrected chi connectivity index (χ0v) is 15.1. The van der Waals surface area contributed by atoms with Crippen molar-refractivity contribution in [2.45, 2.75) is 77.2 Å². The van der Waals surface area contributed by atoms with E-state index in [1.165, 1.54) is 0 Å². The number of carboxylic acid groups (broad SMARTS) is 1. The third kappa shape index (κ3) is 1.90. The molecule has 0 saturated heterocycles. The van der Waals surface area contributed by atoms with Gasteiger partial charge in [0.25, 0.3) is 0 Å². The number of aliphatic hydroxyl groups excluding tert-OH is 1. The molecular formula is C20H32O4. The van der Waals surface area contributed by atoms with E-state index in [0.29, 0.717) is 5.92 Å². The highest BCUT2D eigenvalue weighted by atomic mass is 16.4. The minimum Gasteiger partial charge on any atom is -0.481 e. The van der Waals surface area contributed by atoms with Crippen molar-refractivity contribution in [1.82, 2.24) is 0 Å². The Labute approximate surface area is 144 Å². The van der Waals surface area contributed by atoms with Crippen LogP contribution in [0.25, 0.3) is 0 Å². The van der Waals surface area contributed by atoms with Crippen LogP contribution in [0.15, 0.2) is 0 Å². The van der Waals surface area contributed by atoms with Crippen molar-refractivity contribution in [3.63, 3.8) is 0 Å². The average Bonchev–Trinajstić information content (AvgIpc) is 2.73. The molecule has 0 heterocycles. The molecule has 136 valence electrons. The SMILES string of the molecule is C[C@@]12CCC[C@@](C)(C(=O)O)C1CC[C@@]13CC(CCC12)[C@@](O)(CO)C3. The lowest BCUT2D eigenvalue weighted by molar-refractivity contribution is -0.181. The van der Waals surface area contributed by atoms with Crippen LogP contribution in [0.3, 0.4) is 0 Å². The highest BCUT2D eigenvalue weighted by Crippen LogP contribution is 2.72. The van der Waals surface area contributed by atoms with Crippen LogP contribution < -0.4 is 0 Å². The van der Waals surface area contributed by atoms with Gasteiger partial charge >= 0.3 is 5.97 Å². The summed E-state index contributed by atoms with van der Waals surface area (Å²) in [6, 6.07) is 0. The minimum atomic E-state index is -0.900. The molecule has 3 unspecified atom stereocenters. The molecule has 0 aromatic rings. The van der Waals surface area contributed by atoms with Crippen LogP contribution in [0, 0.1) is 34.0 Å². The molecule has 0 radical (unpaired) electrons. The van der Waals surface area contributed by atoms with Gasteiger partial charge < -0.3 is 15.3 Å². The number of carbonyl (C=O) groups is 1. The fourth-order valence-corrected chi connectivity index (χ4v) is 8.06. The van der Waals surface area contributed by atoms with Gasteiger partial charge in [-0.1, -0.05) is 13.3 Å². The van der Waals surface area contributed by atoms with E-state index in [0.717, 1.165) is 57.8 Å². The third-order valence-corrected chi connectivity index (χ3v) is 9.08. The summed E-state index contributed by atoms with van der Waals surface area (Å²) in [4.78, 5) is 12.1. The largest absolute Gasteiger partial charge is 0.481 e. The quantitative estimate of drug-likeness (QED) is 0.723. The van der Waals surface area contributed by atoms with E-state index in [9.17, 15) is 20.1 Å². The Kier molecular flexibility index (Phi) is 3.49. The van der Waals surface area contributed by atoms with Gasteiger partial charge in [0, 0.05) is 0 Å². The van der Waals surface area contributed by atoms with Crippen LogP contribution in [0.2, 0.25) is 0 Å². The highest BCUT2D eigenvalue weighted by molar-refractivity contribution is 5.75. The summed E-state index contributed by atoms with van der Waals surface area (Å²) in [5.41, 5.74) is -1.31. The number of hydrogen-bond donors (Lipinski definition) is 3. The number of carboxylic acids is 1. The molecule has 2 bridgehead atoms. The van der Waals surface area contributed by atoms with Gasteiger partial charge in [-0.3, -0.25) is 4.79 Å². The molecular weight excluding hydrogens is 304 g/mol. The Morgan fingerprint density at radius 2 is 1.83 bits per heavy atom. The van der Waals surface area contributed by atoms with E-state index in [1.807, 2.05) is 6.92 Å². The van der Waals surface area contributed by atoms with Gasteiger partial charge in [-0.25, -0.2) is 0 Å². The lowest BCUT2D eigenvalue weighted by Crippen LogP contribution is -2.58. The van der Waals surface area contributed by atoms with Gasteiger partial charge in [0.05, 0.1) is 17.6 Å². The monoisotopic (exact) mass is 336 g/mol. The van der Waals surface area contributed by atoms with E-state index in [1.54, 1.807) is 0 Å². The van der Waals surface area contributed by atoms with E-state index in [4.69, 9.17) is 0 Å². The Morgan fingerprint density at radius 1 is 1.08 bits per heavy atom. The molecule has 0 amide bonds. The van der Waals surface area contributed by atoms with Gasteiger partial charge in [-0.15, -0.1) is 0 Å². The first-order valence-corrected chi connectivity index (χ1v) is 9.77. The van der Waals surface area contributed by atoms with Gasteiger partial charge in [0.2, 0.25) is 0 Å². The first kappa shape index (κ1) is 16.8. The molecule has 24 heavy (non-hydrogen) atoms. The van der Waals surface area contributed by atoms with Crippen molar-refractivity contribution in [3.8, 4) is 0 Å². The van der Waals surface area contributed by atoms with Crippen molar-refractivity contribution < 1.29 is 20.1 Å². The third-order valence-electron chi connectivity index (χ3n) is 9.08. The number of fused-ring (bicyclic) bond motifs is 3. The maximum Gasteiger partial charge on any atom is 0.309 e. The second kappa shape index (κ2) is 4.97. The Morgan fingerprint density at radius 3 is 2.50 bits per heavy atom. The van der Waals surface area contributed by atoms with E-state index in [2.05, 4.69) is 6.92 Å². The lowest BCUT2D eigenvalue weighted by atomic mass is 9.41. The second-order valence-electron chi connectivity index (χ2n) is 10.0. The molecule has 4 fully saturated rings. The fourth-order valence-electron chi connectivity index (χ4n) is 8.06. The summed E-state index contributed by atoms with van der Waals surface area (Å²) in [7, 11) is 0. The maximum atomic E-state index is 12.1. The number of rotatable bonds is 2. The fraction of sp³-hybridized carbons (Fsp3) is 0.950. The first-order valence-electron chi connectivity index (χ1n) is 9.77. The lowest BCUT2D eigenvalue weighted by Gasteiger charge is -2.63. The summed E-state index contributed by atoms with van der Waals surface area (Å²) < 4.78 is 0. The van der Waals surface area contributed by atoms with E-state index in [-0.39, 0.29) is 29.3 Å². The van der Waals surface area contributed by atoms with Gasteiger partial charge in [0.1, 0.15) is 0 Å². The van der Waals surface area contributed by atoms with Crippen molar-refractivity contribution in [3.05, 3.63) is 0 Å². The summed E-state index contributed by atoms with van der Waals surface area (Å²) in [6.45, 7) is 4.19. The second-order valence-corrected chi connectivity index (χ2v) is 10.0.